The molecule has 0 saturated carbocycles. The Morgan fingerprint density at radius 3 is 2.42 bits per heavy atom. The molecule has 0 spiro atoms. The Bertz CT molecular complexity index is 609. The molecular weight excluding hydrogens is 260 g/mol. The molecule has 19 heavy (non-hydrogen) atoms. The van der Waals surface area contributed by atoms with Gasteiger partial charge < -0.3 is 10.2 Å². The molecule has 3 heteroatoms. The van der Waals surface area contributed by atoms with Gasteiger partial charge in [-0.05, 0) is 29.3 Å². The standard InChI is InChI=1S/C16H13ClO2/c17-15-8-5-13(6-9-15)16(19)10-7-12-3-1-2-4-14(12)11-18/h1-6,8-9,16,18-19H,11H2. The van der Waals surface area contributed by atoms with Crippen molar-refractivity contribution in [2.75, 3.05) is 0 Å². The summed E-state index contributed by atoms with van der Waals surface area (Å²) >= 11 is 5.78. The molecule has 96 valence electrons. The van der Waals surface area contributed by atoms with Crippen LogP contribution in [0, 0.1) is 11.8 Å². The molecule has 0 fully saturated rings. The van der Waals surface area contributed by atoms with E-state index in [1.807, 2.05) is 18.2 Å². The number of hydrogen-bond acceptors (Lipinski definition) is 2. The first-order chi connectivity index (χ1) is 9.20. The van der Waals surface area contributed by atoms with Crippen LogP contribution in [0.5, 0.6) is 0 Å². The molecule has 2 N–H and O–H groups in total. The van der Waals surface area contributed by atoms with Gasteiger partial charge in [-0.1, -0.05) is 53.8 Å². The van der Waals surface area contributed by atoms with Gasteiger partial charge in [0.1, 0.15) is 6.10 Å². The lowest BCUT2D eigenvalue weighted by molar-refractivity contribution is 0.238. The first-order valence-corrected chi connectivity index (χ1v) is 6.22. The normalized spacial score (nSPS) is 11.5. The van der Waals surface area contributed by atoms with Crippen molar-refractivity contribution in [3.8, 4) is 11.8 Å². The highest BCUT2D eigenvalue weighted by atomic mass is 35.5. The van der Waals surface area contributed by atoms with Crippen LogP contribution in [-0.4, -0.2) is 10.2 Å². The maximum atomic E-state index is 9.96. The molecule has 0 radical (unpaired) electrons. The minimum absolute atomic E-state index is 0.0676. The second kappa shape index (κ2) is 6.40. The van der Waals surface area contributed by atoms with Gasteiger partial charge in [-0.2, -0.15) is 0 Å². The largest absolute Gasteiger partial charge is 0.392 e. The SMILES string of the molecule is OCc1ccccc1C#CC(O)c1ccc(Cl)cc1. The van der Waals surface area contributed by atoms with Crippen LogP contribution in [0.15, 0.2) is 48.5 Å². The fourth-order valence-corrected chi connectivity index (χ4v) is 1.78. The predicted molar refractivity (Wildman–Crippen MR) is 75.7 cm³/mol. The average Bonchev–Trinajstić information content (AvgIpc) is 2.45. The lowest BCUT2D eigenvalue weighted by Crippen LogP contribution is -1.94. The van der Waals surface area contributed by atoms with Gasteiger partial charge in [-0.15, -0.1) is 0 Å². The van der Waals surface area contributed by atoms with Crippen LogP contribution < -0.4 is 0 Å². The second-order valence-electron chi connectivity index (χ2n) is 4.04. The fourth-order valence-electron chi connectivity index (χ4n) is 1.65. The maximum Gasteiger partial charge on any atom is 0.140 e. The summed E-state index contributed by atoms with van der Waals surface area (Å²) in [4.78, 5) is 0. The molecule has 0 heterocycles. The summed E-state index contributed by atoms with van der Waals surface area (Å²) < 4.78 is 0. The Morgan fingerprint density at radius 2 is 1.74 bits per heavy atom. The third kappa shape index (κ3) is 3.59. The van der Waals surface area contributed by atoms with E-state index in [9.17, 15) is 10.2 Å². The minimum Gasteiger partial charge on any atom is -0.392 e. The molecule has 0 aliphatic heterocycles. The Balaban J connectivity index is 2.21. The minimum atomic E-state index is -0.871. The highest BCUT2D eigenvalue weighted by Gasteiger charge is 2.03. The lowest BCUT2D eigenvalue weighted by atomic mass is 10.1. The number of aliphatic hydroxyl groups is 2. The van der Waals surface area contributed by atoms with Gasteiger partial charge in [0.2, 0.25) is 0 Å². The Hall–Kier alpha value is -1.79. The van der Waals surface area contributed by atoms with Gasteiger partial charge in [0.15, 0.2) is 0 Å². The first-order valence-electron chi connectivity index (χ1n) is 5.84. The number of benzene rings is 2. The summed E-state index contributed by atoms with van der Waals surface area (Å²) in [5.74, 6) is 5.64. The molecule has 1 unspecified atom stereocenters. The Morgan fingerprint density at radius 1 is 1.05 bits per heavy atom. The van der Waals surface area contributed by atoms with Crippen molar-refractivity contribution in [2.45, 2.75) is 12.7 Å². The number of halogens is 1. The number of hydrogen-bond donors (Lipinski definition) is 2. The third-order valence-electron chi connectivity index (χ3n) is 2.72. The summed E-state index contributed by atoms with van der Waals surface area (Å²) in [5, 5.41) is 19.8. The zero-order valence-corrected chi connectivity index (χ0v) is 10.9. The monoisotopic (exact) mass is 272 g/mol. The van der Waals surface area contributed by atoms with Gasteiger partial charge in [-0.25, -0.2) is 0 Å². The Labute approximate surface area is 117 Å². The van der Waals surface area contributed by atoms with Crippen molar-refractivity contribution in [1.82, 2.24) is 0 Å². The van der Waals surface area contributed by atoms with Crippen molar-refractivity contribution >= 4 is 11.6 Å². The molecule has 0 aromatic heterocycles. The van der Waals surface area contributed by atoms with Crippen LogP contribution in [0.2, 0.25) is 5.02 Å². The summed E-state index contributed by atoms with van der Waals surface area (Å²) in [7, 11) is 0. The van der Waals surface area contributed by atoms with E-state index in [4.69, 9.17) is 11.6 Å². The molecule has 0 saturated heterocycles. The molecule has 0 bridgehead atoms. The summed E-state index contributed by atoms with van der Waals surface area (Å²) in [6, 6.07) is 14.2. The highest BCUT2D eigenvalue weighted by Crippen LogP contribution is 2.16. The van der Waals surface area contributed by atoms with Crippen LogP contribution in [0.3, 0.4) is 0 Å². The summed E-state index contributed by atoms with van der Waals surface area (Å²) in [5.41, 5.74) is 2.16. The van der Waals surface area contributed by atoms with Gasteiger partial charge >= 0.3 is 0 Å². The second-order valence-corrected chi connectivity index (χ2v) is 4.48. The molecule has 0 amide bonds. The van der Waals surface area contributed by atoms with E-state index in [-0.39, 0.29) is 6.61 Å². The quantitative estimate of drug-likeness (QED) is 0.826. The molecule has 2 nitrogen and oxygen atoms in total. The fraction of sp³-hybridized carbons (Fsp3) is 0.125. The smallest absolute Gasteiger partial charge is 0.140 e. The van der Waals surface area contributed by atoms with E-state index in [1.165, 1.54) is 0 Å². The van der Waals surface area contributed by atoms with Gasteiger partial charge in [0.05, 0.1) is 6.61 Å². The van der Waals surface area contributed by atoms with E-state index in [2.05, 4.69) is 11.8 Å². The zero-order chi connectivity index (χ0) is 13.7. The van der Waals surface area contributed by atoms with Gasteiger partial charge in [0, 0.05) is 10.6 Å². The van der Waals surface area contributed by atoms with E-state index in [0.717, 1.165) is 11.1 Å². The van der Waals surface area contributed by atoms with Crippen LogP contribution in [0.1, 0.15) is 22.8 Å². The summed E-state index contributed by atoms with van der Waals surface area (Å²) in [6.07, 6.45) is -0.871. The zero-order valence-electron chi connectivity index (χ0n) is 10.2. The van der Waals surface area contributed by atoms with Crippen molar-refractivity contribution < 1.29 is 10.2 Å². The van der Waals surface area contributed by atoms with Gasteiger partial charge in [-0.3, -0.25) is 0 Å². The van der Waals surface area contributed by atoms with Crippen LogP contribution in [-0.2, 0) is 6.61 Å². The Kier molecular flexibility index (Phi) is 4.59. The van der Waals surface area contributed by atoms with Crippen molar-refractivity contribution in [2.24, 2.45) is 0 Å². The molecular formula is C16H13ClO2. The average molecular weight is 273 g/mol. The molecule has 0 aliphatic carbocycles. The van der Waals surface area contributed by atoms with E-state index < -0.39 is 6.10 Å². The third-order valence-corrected chi connectivity index (χ3v) is 2.97. The van der Waals surface area contributed by atoms with Crippen molar-refractivity contribution in [1.29, 1.82) is 0 Å². The number of rotatable bonds is 2. The van der Waals surface area contributed by atoms with Crippen LogP contribution in [0.4, 0.5) is 0 Å². The highest BCUT2D eigenvalue weighted by molar-refractivity contribution is 6.30. The molecule has 2 aromatic rings. The molecule has 1 atom stereocenters. The number of aliphatic hydroxyl groups excluding tert-OH is 2. The topological polar surface area (TPSA) is 40.5 Å². The predicted octanol–water partition coefficient (Wildman–Crippen LogP) is 2.92. The van der Waals surface area contributed by atoms with E-state index in [0.29, 0.717) is 10.6 Å². The first kappa shape index (κ1) is 13.6. The molecule has 2 aromatic carbocycles. The summed E-state index contributed by atoms with van der Waals surface area (Å²) in [6.45, 7) is -0.0676. The molecule has 2 rings (SSSR count). The van der Waals surface area contributed by atoms with Crippen molar-refractivity contribution in [3.63, 3.8) is 0 Å². The van der Waals surface area contributed by atoms with E-state index >= 15 is 0 Å². The van der Waals surface area contributed by atoms with Gasteiger partial charge in [0.25, 0.3) is 0 Å². The van der Waals surface area contributed by atoms with E-state index in [1.54, 1.807) is 30.3 Å². The van der Waals surface area contributed by atoms with Crippen molar-refractivity contribution in [3.05, 3.63) is 70.2 Å². The molecule has 0 aliphatic rings. The lowest BCUT2D eigenvalue weighted by Gasteiger charge is -2.04. The van der Waals surface area contributed by atoms with Crippen LogP contribution >= 0.6 is 11.6 Å². The maximum absolute atomic E-state index is 9.96. The van der Waals surface area contributed by atoms with Crippen LogP contribution in [0.25, 0.3) is 0 Å².